The van der Waals surface area contributed by atoms with Gasteiger partial charge in [0.25, 0.3) is 0 Å². The fourth-order valence-corrected chi connectivity index (χ4v) is 0.865. The first kappa shape index (κ1) is 13.1. The van der Waals surface area contributed by atoms with Crippen molar-refractivity contribution in [1.29, 1.82) is 0 Å². The number of nitrogens with one attached hydrogen (secondary N) is 1. The Morgan fingerprint density at radius 3 is 2.53 bits per heavy atom. The van der Waals surface area contributed by atoms with Gasteiger partial charge < -0.3 is 5.73 Å². The Morgan fingerprint density at radius 2 is 2.13 bits per heavy atom. The Morgan fingerprint density at radius 1 is 1.53 bits per heavy atom. The van der Waals surface area contributed by atoms with Gasteiger partial charge in [0.05, 0.1) is 11.9 Å². The van der Waals surface area contributed by atoms with Crippen molar-refractivity contribution in [3.8, 4) is 0 Å². The van der Waals surface area contributed by atoms with Crippen molar-refractivity contribution in [3.05, 3.63) is 17.8 Å². The van der Waals surface area contributed by atoms with E-state index in [9.17, 15) is 0 Å². The topological polar surface area (TPSA) is 105 Å². The Labute approximate surface area is 87.1 Å². The minimum absolute atomic E-state index is 0.194. The lowest BCUT2D eigenvalue weighted by atomic mass is 10.2. The summed E-state index contributed by atoms with van der Waals surface area (Å²) in [6.07, 6.45) is 2.68. The second-order valence-corrected chi connectivity index (χ2v) is 2.51. The molecular weight excluding hydrogens is 198 g/mol. The first-order valence-corrected chi connectivity index (χ1v) is 4.23. The molecular formula is C9H13N3O3. The molecule has 0 saturated carbocycles. The van der Waals surface area contributed by atoms with Crippen LogP contribution in [0.3, 0.4) is 0 Å². The van der Waals surface area contributed by atoms with E-state index in [0.29, 0.717) is 11.5 Å². The van der Waals surface area contributed by atoms with Crippen LogP contribution in [0.25, 0.3) is 0 Å². The Balaban J connectivity index is 0.000000423. The molecule has 0 saturated heterocycles. The summed E-state index contributed by atoms with van der Waals surface area (Å²) in [7, 11) is 0. The van der Waals surface area contributed by atoms with Gasteiger partial charge in [0.15, 0.2) is 12.6 Å². The van der Waals surface area contributed by atoms with Gasteiger partial charge in [-0.15, -0.1) is 0 Å². The number of carbonyl (C=O) groups is 2. The van der Waals surface area contributed by atoms with Crippen molar-refractivity contribution < 1.29 is 14.8 Å². The lowest BCUT2D eigenvalue weighted by Gasteiger charge is -2.03. The monoisotopic (exact) mass is 211 g/mol. The number of pyridine rings is 1. The number of nitrogens with zero attached hydrogens (tertiary/aromatic N) is 1. The highest BCUT2D eigenvalue weighted by atomic mass is 16.5. The van der Waals surface area contributed by atoms with E-state index in [0.717, 1.165) is 12.0 Å². The third kappa shape index (κ3) is 4.72. The second-order valence-electron chi connectivity index (χ2n) is 2.51. The average Bonchev–Trinajstić information content (AvgIpc) is 2.30. The summed E-state index contributed by atoms with van der Waals surface area (Å²) in [6.45, 7) is 1.98. The molecule has 0 radical (unpaired) electrons. The summed E-state index contributed by atoms with van der Waals surface area (Å²) >= 11 is 0. The smallest absolute Gasteiger partial charge is 0.182 e. The Bertz CT molecular complexity index is 322. The minimum atomic E-state index is 0.194. The van der Waals surface area contributed by atoms with Crippen LogP contribution in [0.4, 0.5) is 11.5 Å². The van der Waals surface area contributed by atoms with Gasteiger partial charge in [-0.05, 0) is 18.1 Å². The fraction of sp³-hybridized carbons (Fsp3) is 0.222. The van der Waals surface area contributed by atoms with Crippen LogP contribution in [-0.4, -0.2) is 22.8 Å². The molecule has 15 heavy (non-hydrogen) atoms. The zero-order chi connectivity index (χ0) is 11.7. The zero-order valence-corrected chi connectivity index (χ0v) is 8.30. The van der Waals surface area contributed by atoms with E-state index in [-0.39, 0.29) is 12.6 Å². The van der Waals surface area contributed by atoms with Crippen molar-refractivity contribution in [2.24, 2.45) is 0 Å². The molecule has 82 valence electrons. The molecule has 0 aliphatic carbocycles. The quantitative estimate of drug-likeness (QED) is 0.380. The van der Waals surface area contributed by atoms with Gasteiger partial charge >= 0.3 is 0 Å². The third-order valence-corrected chi connectivity index (χ3v) is 1.57. The highest BCUT2D eigenvalue weighted by Gasteiger charge is 1.98. The van der Waals surface area contributed by atoms with Crippen LogP contribution in [0, 0.1) is 0 Å². The summed E-state index contributed by atoms with van der Waals surface area (Å²) in [5.41, 5.74) is 9.05. The number of hydrogen-bond acceptors (Lipinski definition) is 6. The maximum atomic E-state index is 8.81. The average molecular weight is 211 g/mol. The lowest BCUT2D eigenvalue weighted by molar-refractivity contribution is -0.122. The van der Waals surface area contributed by atoms with Crippen molar-refractivity contribution in [2.75, 3.05) is 11.2 Å². The summed E-state index contributed by atoms with van der Waals surface area (Å²) < 4.78 is 0. The molecule has 1 heterocycles. The molecule has 0 unspecified atom stereocenters. The number of carbonyl (C=O) groups excluding carboxylic acids is 2. The van der Waals surface area contributed by atoms with E-state index >= 15 is 0 Å². The van der Waals surface area contributed by atoms with Gasteiger partial charge in [-0.3, -0.25) is 20.3 Å². The molecule has 0 bridgehead atoms. The largest absolute Gasteiger partial charge is 0.383 e. The van der Waals surface area contributed by atoms with Crippen molar-refractivity contribution >= 4 is 24.1 Å². The number of aldehydes is 2. The van der Waals surface area contributed by atoms with Gasteiger partial charge in [0, 0.05) is 0 Å². The number of rotatable bonds is 3. The lowest BCUT2D eigenvalue weighted by Crippen LogP contribution is -1.99. The maximum absolute atomic E-state index is 8.81. The SMILES string of the molecule is CCc1cc(NO)cnc1N.O=CC=O. The van der Waals surface area contributed by atoms with Gasteiger partial charge in [-0.25, -0.2) is 4.98 Å². The fourth-order valence-electron chi connectivity index (χ4n) is 0.865. The molecule has 6 nitrogen and oxygen atoms in total. The molecule has 0 aromatic carbocycles. The van der Waals surface area contributed by atoms with Gasteiger partial charge in [-0.1, -0.05) is 6.92 Å². The van der Waals surface area contributed by atoms with Gasteiger partial charge in [0.2, 0.25) is 0 Å². The number of anilines is 2. The molecule has 6 heteroatoms. The Hall–Kier alpha value is -1.95. The van der Waals surface area contributed by atoms with E-state index < -0.39 is 0 Å². The van der Waals surface area contributed by atoms with Gasteiger partial charge in [-0.2, -0.15) is 0 Å². The maximum Gasteiger partial charge on any atom is 0.182 e. The van der Waals surface area contributed by atoms with Crippen LogP contribution in [-0.2, 0) is 16.0 Å². The first-order valence-electron chi connectivity index (χ1n) is 4.23. The number of nitrogens with two attached hydrogens (primary N) is 1. The molecule has 1 aromatic heterocycles. The van der Waals surface area contributed by atoms with Crippen molar-refractivity contribution in [2.45, 2.75) is 13.3 Å². The third-order valence-electron chi connectivity index (χ3n) is 1.57. The van der Waals surface area contributed by atoms with E-state index in [1.165, 1.54) is 6.20 Å². The number of aryl methyl sites for hydroxylation is 1. The van der Waals surface area contributed by atoms with E-state index in [1.807, 2.05) is 12.4 Å². The molecule has 4 N–H and O–H groups in total. The Kier molecular flexibility index (Phi) is 6.48. The molecule has 0 atom stereocenters. The minimum Gasteiger partial charge on any atom is -0.383 e. The summed E-state index contributed by atoms with van der Waals surface area (Å²) in [5.74, 6) is 0.520. The summed E-state index contributed by atoms with van der Waals surface area (Å²) in [6, 6.07) is 1.77. The molecule has 0 spiro atoms. The van der Waals surface area contributed by atoms with E-state index in [2.05, 4.69) is 4.98 Å². The normalized spacial score (nSPS) is 8.40. The van der Waals surface area contributed by atoms with E-state index in [1.54, 1.807) is 6.07 Å². The zero-order valence-electron chi connectivity index (χ0n) is 8.30. The van der Waals surface area contributed by atoms with Crippen molar-refractivity contribution in [3.63, 3.8) is 0 Å². The standard InChI is InChI=1S/C7H11N3O.C2H2O2/c1-2-5-3-6(10-11)4-9-7(5)8;3-1-2-4/h3-4,10-11H,2H2,1H3,(H2,8,9);1-2H. The molecule has 1 aromatic rings. The highest BCUT2D eigenvalue weighted by Crippen LogP contribution is 2.13. The van der Waals surface area contributed by atoms with Crippen molar-refractivity contribution in [1.82, 2.24) is 4.98 Å². The van der Waals surface area contributed by atoms with Crippen LogP contribution in [0.2, 0.25) is 0 Å². The first-order chi connectivity index (χ1) is 7.19. The number of hydrogen-bond donors (Lipinski definition) is 3. The summed E-state index contributed by atoms with van der Waals surface area (Å²) in [5, 5.41) is 8.52. The predicted octanol–water partition coefficient (Wildman–Crippen LogP) is 0.411. The number of aromatic nitrogens is 1. The van der Waals surface area contributed by atoms with Crippen LogP contribution >= 0.6 is 0 Å². The van der Waals surface area contributed by atoms with Crippen LogP contribution in [0.5, 0.6) is 0 Å². The predicted molar refractivity (Wildman–Crippen MR) is 55.6 cm³/mol. The molecule has 0 aliphatic rings. The molecule has 0 fully saturated rings. The van der Waals surface area contributed by atoms with E-state index in [4.69, 9.17) is 20.5 Å². The van der Waals surface area contributed by atoms with Crippen LogP contribution < -0.4 is 11.2 Å². The van der Waals surface area contributed by atoms with Gasteiger partial charge in [0.1, 0.15) is 5.82 Å². The molecule has 0 aliphatic heterocycles. The molecule has 0 amide bonds. The summed E-state index contributed by atoms with van der Waals surface area (Å²) in [4.78, 5) is 21.5. The second kappa shape index (κ2) is 7.45. The molecule has 1 rings (SSSR count). The number of nitrogen functional groups attached to an aromatic ring is 1. The van der Waals surface area contributed by atoms with Crippen LogP contribution in [0.1, 0.15) is 12.5 Å². The van der Waals surface area contributed by atoms with Crippen LogP contribution in [0.15, 0.2) is 12.3 Å². The highest BCUT2D eigenvalue weighted by molar-refractivity contribution is 6.09.